The van der Waals surface area contributed by atoms with Crippen molar-refractivity contribution >= 4 is 57.6 Å². The Hall–Kier alpha value is -5.90. The number of carbonyl (C=O) groups excluding carboxylic acids is 5. The van der Waals surface area contributed by atoms with Gasteiger partial charge in [0.15, 0.2) is 0 Å². The van der Waals surface area contributed by atoms with Gasteiger partial charge in [-0.1, -0.05) is 61.0 Å². The number of likely N-dealkylation sites (tertiary alicyclic amines) is 2. The van der Waals surface area contributed by atoms with E-state index in [4.69, 9.17) is 10.7 Å². The summed E-state index contributed by atoms with van der Waals surface area (Å²) in [6.45, 7) is 7.97. The van der Waals surface area contributed by atoms with E-state index < -0.39 is 11.9 Å². The molecule has 1 unspecified atom stereocenters. The van der Waals surface area contributed by atoms with Gasteiger partial charge in [0, 0.05) is 98.3 Å². The Morgan fingerprint density at radius 2 is 1.81 bits per heavy atom. The lowest BCUT2D eigenvalue weighted by atomic mass is 9.69. The van der Waals surface area contributed by atoms with E-state index in [-0.39, 0.29) is 48.7 Å². The highest BCUT2D eigenvalue weighted by molar-refractivity contribution is 8.14. The number of anilines is 1. The number of thioether (sulfide) groups is 1. The fourth-order valence-electron chi connectivity index (χ4n) is 10.3. The number of allylic oxidation sites excluding steroid dienone is 3. The number of nitrogens with zero attached hydrogens (tertiary/aromatic N) is 5. The van der Waals surface area contributed by atoms with Crippen LogP contribution in [0.3, 0.4) is 0 Å². The molecular weight excluding hydrogens is 875 g/mol. The van der Waals surface area contributed by atoms with Crippen LogP contribution in [-0.4, -0.2) is 98.6 Å². The second kappa shape index (κ2) is 20.8. The minimum absolute atomic E-state index is 0.0561. The predicted molar refractivity (Wildman–Crippen MR) is 265 cm³/mol. The molecule has 5 N–H and O–H groups in total. The van der Waals surface area contributed by atoms with E-state index in [0.29, 0.717) is 29.5 Å². The standard InChI is InChI=1S/C53H63N9O5S/c1-52(54)23-26-61(27-24-52)41-9-7-12-48(56-32-41)68-42-10-6-8-40(29-42)58-46(63)11-4-2-3-5-25-60-34-53(35-60)21-19-37(20-22-53)38-14-16-44(55-31-38)49(65)57-30-36-13-15-43-39(28-36)33-62(51(43)67)45-17-18-47(64)59-50(45)66/h6-8,10,12-16,19,28-29,31-32,45H,2-5,9,11,17-18,20-27,30,33-35,54H2,1H3,(H,57,65)(H,58,63)(H,59,64,66). The maximum absolute atomic E-state index is 13.0. The van der Waals surface area contributed by atoms with Gasteiger partial charge in [-0.15, -0.1) is 0 Å². The number of imide groups is 1. The highest BCUT2D eigenvalue weighted by Crippen LogP contribution is 2.45. The summed E-state index contributed by atoms with van der Waals surface area (Å²) in [6.07, 6.45) is 21.7. The number of aliphatic imine (C=N–C) groups is 1. The van der Waals surface area contributed by atoms with Gasteiger partial charge in [0.05, 0.1) is 0 Å². The van der Waals surface area contributed by atoms with Crippen molar-refractivity contribution in [1.29, 1.82) is 0 Å². The molecule has 14 nitrogen and oxygen atoms in total. The Morgan fingerprint density at radius 3 is 2.59 bits per heavy atom. The van der Waals surface area contributed by atoms with Gasteiger partial charge in [0.25, 0.3) is 11.8 Å². The summed E-state index contributed by atoms with van der Waals surface area (Å²) in [5.41, 5.74) is 13.5. The quantitative estimate of drug-likeness (QED) is 0.0890. The number of unbranched alkanes of at least 4 members (excludes halogenated alkanes) is 3. The fraction of sp³-hybridized carbons (Fsp3) is 0.453. The molecule has 15 heteroatoms. The monoisotopic (exact) mass is 937 g/mol. The van der Waals surface area contributed by atoms with Crippen LogP contribution < -0.4 is 21.7 Å². The maximum atomic E-state index is 13.0. The molecule has 356 valence electrons. The molecule has 0 bridgehead atoms. The van der Waals surface area contributed by atoms with Crippen LogP contribution in [0.5, 0.6) is 0 Å². The van der Waals surface area contributed by atoms with E-state index in [1.54, 1.807) is 30.1 Å². The van der Waals surface area contributed by atoms with Crippen LogP contribution in [0, 0.1) is 5.41 Å². The fourth-order valence-corrected chi connectivity index (χ4v) is 11.2. The van der Waals surface area contributed by atoms with Crippen LogP contribution in [0.1, 0.15) is 128 Å². The third-order valence-electron chi connectivity index (χ3n) is 14.4. The summed E-state index contributed by atoms with van der Waals surface area (Å²) >= 11 is 1.61. The van der Waals surface area contributed by atoms with Crippen molar-refractivity contribution in [3.05, 3.63) is 119 Å². The number of rotatable bonds is 15. The summed E-state index contributed by atoms with van der Waals surface area (Å²) < 4.78 is 0. The van der Waals surface area contributed by atoms with Crippen LogP contribution in [0.2, 0.25) is 0 Å². The lowest BCUT2D eigenvalue weighted by molar-refractivity contribution is -0.137. The van der Waals surface area contributed by atoms with Crippen LogP contribution in [0.25, 0.3) is 5.57 Å². The number of carbonyl (C=O) groups is 5. The zero-order chi connectivity index (χ0) is 47.3. The molecule has 68 heavy (non-hydrogen) atoms. The highest BCUT2D eigenvalue weighted by Gasteiger charge is 2.43. The molecule has 2 aromatic carbocycles. The second-order valence-corrected chi connectivity index (χ2v) is 20.9. The number of nitrogens with one attached hydrogen (secondary N) is 3. The number of nitrogens with two attached hydrogens (primary N) is 1. The number of piperidine rings is 2. The minimum atomic E-state index is -0.665. The summed E-state index contributed by atoms with van der Waals surface area (Å²) in [6, 6.07) is 16.5. The SMILES string of the molecule is CC1(N)CCN(C2=CN=C(Sc3cccc(NC(=O)CCCCCCN4CC5(CC=C(c6ccc(C(=O)NCc7ccc8c(c7)CN(C7CCC(=O)NC7=O)C8=O)nc6)CC5)C4)c3)C=CC2)CC1. The number of hydrogen-bond acceptors (Lipinski definition) is 11. The van der Waals surface area contributed by atoms with Gasteiger partial charge < -0.3 is 31.1 Å². The van der Waals surface area contributed by atoms with Gasteiger partial charge in [0.2, 0.25) is 17.7 Å². The third kappa shape index (κ3) is 11.5. The Kier molecular flexibility index (Phi) is 14.4. The zero-order valence-electron chi connectivity index (χ0n) is 39.1. The van der Waals surface area contributed by atoms with Crippen LogP contribution in [0.4, 0.5) is 5.69 Å². The molecule has 6 heterocycles. The van der Waals surface area contributed by atoms with Gasteiger partial charge in [0.1, 0.15) is 16.8 Å². The van der Waals surface area contributed by atoms with Crippen molar-refractivity contribution in [2.75, 3.05) is 38.0 Å². The zero-order valence-corrected chi connectivity index (χ0v) is 39.9. The molecule has 0 saturated carbocycles. The first-order valence-corrected chi connectivity index (χ1v) is 25.2. The smallest absolute Gasteiger partial charge is 0.270 e. The molecule has 3 saturated heterocycles. The Bertz CT molecular complexity index is 2550. The first-order chi connectivity index (χ1) is 32.9. The van der Waals surface area contributed by atoms with Gasteiger partial charge in [-0.05, 0) is 129 Å². The van der Waals surface area contributed by atoms with Crippen molar-refractivity contribution < 1.29 is 24.0 Å². The average Bonchev–Trinajstić information content (AvgIpc) is 3.46. The number of fused-ring (bicyclic) bond motifs is 1. The van der Waals surface area contributed by atoms with Crippen molar-refractivity contribution in [1.82, 2.24) is 30.3 Å². The van der Waals surface area contributed by atoms with Crippen molar-refractivity contribution in [3.8, 4) is 0 Å². The van der Waals surface area contributed by atoms with E-state index in [1.165, 1.54) is 16.2 Å². The average molecular weight is 938 g/mol. The first-order valence-electron chi connectivity index (χ1n) is 24.4. The summed E-state index contributed by atoms with van der Waals surface area (Å²) in [7, 11) is 0. The van der Waals surface area contributed by atoms with Gasteiger partial charge in [-0.2, -0.15) is 0 Å². The molecule has 5 amide bonds. The summed E-state index contributed by atoms with van der Waals surface area (Å²) in [5.74, 6) is -1.19. The molecule has 9 rings (SSSR count). The first kappa shape index (κ1) is 47.2. The summed E-state index contributed by atoms with van der Waals surface area (Å²) in [4.78, 5) is 79.7. The van der Waals surface area contributed by atoms with E-state index in [2.05, 4.69) is 62.0 Å². The topological polar surface area (TPSA) is 182 Å². The van der Waals surface area contributed by atoms with E-state index in [9.17, 15) is 24.0 Å². The van der Waals surface area contributed by atoms with Crippen molar-refractivity contribution in [3.63, 3.8) is 0 Å². The molecule has 5 aliphatic heterocycles. The van der Waals surface area contributed by atoms with Gasteiger partial charge in [-0.3, -0.25) is 34.3 Å². The second-order valence-electron chi connectivity index (χ2n) is 19.8. The molecule has 6 aliphatic rings. The minimum Gasteiger partial charge on any atom is -0.373 e. The number of amides is 5. The number of pyridine rings is 1. The largest absolute Gasteiger partial charge is 0.373 e. The number of hydrogen-bond donors (Lipinski definition) is 4. The lowest BCUT2D eigenvalue weighted by Gasteiger charge is -2.52. The highest BCUT2D eigenvalue weighted by atomic mass is 32.2. The molecule has 3 aromatic rings. The van der Waals surface area contributed by atoms with E-state index in [1.807, 2.05) is 42.6 Å². The van der Waals surface area contributed by atoms with Gasteiger partial charge in [-0.25, -0.2) is 4.99 Å². The van der Waals surface area contributed by atoms with Crippen LogP contribution in [0.15, 0.2) is 101 Å². The predicted octanol–water partition coefficient (Wildman–Crippen LogP) is 7.34. The van der Waals surface area contributed by atoms with Gasteiger partial charge >= 0.3 is 0 Å². The molecule has 1 aliphatic carbocycles. The Balaban J connectivity index is 0.639. The molecule has 1 atom stereocenters. The summed E-state index contributed by atoms with van der Waals surface area (Å²) in [5, 5.41) is 9.31. The van der Waals surface area contributed by atoms with Crippen LogP contribution in [-0.2, 0) is 27.5 Å². The Labute approximate surface area is 403 Å². The molecule has 1 spiro atoms. The van der Waals surface area contributed by atoms with Crippen LogP contribution >= 0.6 is 11.8 Å². The normalized spacial score (nSPS) is 21.0. The molecule has 1 aromatic heterocycles. The maximum Gasteiger partial charge on any atom is 0.270 e. The molecule has 3 fully saturated rings. The Morgan fingerprint density at radius 1 is 0.971 bits per heavy atom. The lowest BCUT2D eigenvalue weighted by Crippen LogP contribution is -2.56. The van der Waals surface area contributed by atoms with Crippen molar-refractivity contribution in [2.45, 2.75) is 120 Å². The number of benzene rings is 2. The third-order valence-corrected chi connectivity index (χ3v) is 15.4. The number of aromatic nitrogens is 1. The molecular formula is C53H63N9O5S. The van der Waals surface area contributed by atoms with E-state index >= 15 is 0 Å². The van der Waals surface area contributed by atoms with E-state index in [0.717, 1.165) is 129 Å². The molecule has 0 radical (unpaired) electrons. The van der Waals surface area contributed by atoms with Crippen molar-refractivity contribution in [2.24, 2.45) is 16.1 Å².